The van der Waals surface area contributed by atoms with E-state index >= 15 is 0 Å². The van der Waals surface area contributed by atoms with Crippen molar-refractivity contribution in [1.29, 1.82) is 0 Å². The van der Waals surface area contributed by atoms with Crippen LogP contribution in [0.15, 0.2) is 146 Å². The molecule has 0 saturated heterocycles. The number of pyridine rings is 2. The van der Waals surface area contributed by atoms with E-state index in [1.807, 2.05) is 24.4 Å². The van der Waals surface area contributed by atoms with Crippen molar-refractivity contribution in [2.45, 2.75) is 6.42 Å². The fraction of sp³-hybridized carbons (Fsp3) is 0.0233. The highest BCUT2D eigenvalue weighted by atomic mass is 14.9. The maximum Gasteiger partial charge on any atom is 0.163 e. The molecule has 6 aromatic carbocycles. The van der Waals surface area contributed by atoms with Crippen LogP contribution in [0.1, 0.15) is 11.1 Å². The van der Waals surface area contributed by atoms with Gasteiger partial charge in [0.15, 0.2) is 11.5 Å². The molecule has 3 aromatic heterocycles. The van der Waals surface area contributed by atoms with Gasteiger partial charge in [-0.2, -0.15) is 0 Å². The zero-order chi connectivity index (χ0) is 30.9. The highest BCUT2D eigenvalue weighted by Gasteiger charge is 2.20. The van der Waals surface area contributed by atoms with Crippen molar-refractivity contribution in [2.75, 3.05) is 0 Å². The van der Waals surface area contributed by atoms with Crippen molar-refractivity contribution in [3.63, 3.8) is 0 Å². The Hall–Kier alpha value is -6.26. The van der Waals surface area contributed by atoms with E-state index in [0.717, 1.165) is 61.1 Å². The Kier molecular flexibility index (Phi) is 5.60. The first-order valence-electron chi connectivity index (χ1n) is 15.9. The summed E-state index contributed by atoms with van der Waals surface area (Å²) in [7, 11) is 0. The van der Waals surface area contributed by atoms with E-state index in [2.05, 4.69) is 120 Å². The van der Waals surface area contributed by atoms with Crippen LogP contribution in [0.3, 0.4) is 0 Å². The second-order valence-electron chi connectivity index (χ2n) is 12.3. The first-order chi connectivity index (χ1) is 23.3. The van der Waals surface area contributed by atoms with Crippen molar-refractivity contribution in [1.82, 2.24) is 19.9 Å². The minimum Gasteiger partial charge on any atom is -0.247 e. The van der Waals surface area contributed by atoms with E-state index in [1.54, 1.807) is 6.20 Å². The van der Waals surface area contributed by atoms with Crippen LogP contribution in [0.2, 0.25) is 0 Å². The fourth-order valence-electron chi connectivity index (χ4n) is 7.27. The lowest BCUT2D eigenvalue weighted by Crippen LogP contribution is -1.96. The maximum absolute atomic E-state index is 5.39. The van der Waals surface area contributed by atoms with Gasteiger partial charge in [0.2, 0.25) is 0 Å². The van der Waals surface area contributed by atoms with Gasteiger partial charge in [-0.3, -0.25) is 0 Å². The Morgan fingerprint density at radius 2 is 1.23 bits per heavy atom. The van der Waals surface area contributed by atoms with Gasteiger partial charge in [-0.1, -0.05) is 109 Å². The van der Waals surface area contributed by atoms with Gasteiger partial charge >= 0.3 is 0 Å². The molecule has 9 aromatic rings. The van der Waals surface area contributed by atoms with Crippen LogP contribution >= 0.6 is 0 Å². The summed E-state index contributed by atoms with van der Waals surface area (Å²) in [6.45, 7) is 0. The van der Waals surface area contributed by atoms with Crippen LogP contribution < -0.4 is 0 Å². The zero-order valence-corrected chi connectivity index (χ0v) is 25.4. The molecule has 1 aliphatic carbocycles. The molecule has 0 fully saturated rings. The summed E-state index contributed by atoms with van der Waals surface area (Å²) in [5.41, 5.74) is 13.6. The maximum atomic E-state index is 5.39. The molecule has 47 heavy (non-hydrogen) atoms. The lowest BCUT2D eigenvalue weighted by molar-refractivity contribution is 1.19. The molecule has 0 amide bonds. The van der Waals surface area contributed by atoms with Crippen LogP contribution in [0, 0.1) is 0 Å². The number of hydrogen-bond donors (Lipinski definition) is 0. The van der Waals surface area contributed by atoms with Crippen LogP contribution in [-0.2, 0) is 6.42 Å². The van der Waals surface area contributed by atoms with Gasteiger partial charge in [0, 0.05) is 39.5 Å². The summed E-state index contributed by atoms with van der Waals surface area (Å²) in [5.74, 6) is 0.648. The van der Waals surface area contributed by atoms with Crippen LogP contribution in [-0.4, -0.2) is 19.9 Å². The van der Waals surface area contributed by atoms with E-state index in [9.17, 15) is 0 Å². The number of aromatic nitrogens is 4. The Balaban J connectivity index is 1.22. The molecular formula is C43H26N4. The Labute approximate surface area is 271 Å². The van der Waals surface area contributed by atoms with Gasteiger partial charge in [-0.15, -0.1) is 0 Å². The Morgan fingerprint density at radius 3 is 2.19 bits per heavy atom. The number of rotatable bonds is 3. The number of nitrogens with zero attached hydrogens (tertiary/aromatic N) is 4. The molecule has 0 unspecified atom stereocenters. The molecule has 4 nitrogen and oxygen atoms in total. The minimum atomic E-state index is 0.648. The van der Waals surface area contributed by atoms with Crippen molar-refractivity contribution in [3.05, 3.63) is 157 Å². The van der Waals surface area contributed by atoms with E-state index in [1.165, 1.54) is 33.4 Å². The van der Waals surface area contributed by atoms with Gasteiger partial charge in [0.05, 0.1) is 11.0 Å². The lowest BCUT2D eigenvalue weighted by Gasteiger charge is -2.14. The van der Waals surface area contributed by atoms with E-state index < -0.39 is 0 Å². The molecular weight excluding hydrogens is 573 g/mol. The van der Waals surface area contributed by atoms with E-state index in [0.29, 0.717) is 11.5 Å². The summed E-state index contributed by atoms with van der Waals surface area (Å²) < 4.78 is 0. The fourth-order valence-corrected chi connectivity index (χ4v) is 7.27. The average molecular weight is 599 g/mol. The van der Waals surface area contributed by atoms with E-state index in [4.69, 9.17) is 15.0 Å². The van der Waals surface area contributed by atoms with Crippen LogP contribution in [0.4, 0.5) is 0 Å². The predicted octanol–water partition coefficient (Wildman–Crippen LogP) is 10.5. The first kappa shape index (κ1) is 26.0. The van der Waals surface area contributed by atoms with Gasteiger partial charge < -0.3 is 0 Å². The highest BCUT2D eigenvalue weighted by Crippen LogP contribution is 2.41. The third kappa shape index (κ3) is 4.15. The molecule has 4 heteroatoms. The summed E-state index contributed by atoms with van der Waals surface area (Å²) in [6, 6.07) is 47.6. The molecule has 0 aliphatic heterocycles. The molecule has 0 bridgehead atoms. The largest absolute Gasteiger partial charge is 0.247 e. The molecule has 218 valence electrons. The standard InChI is InChI=1S/C43H26N4/c1-2-7-26(8-3-1)30-16-18-36-39(24-30)46-41-37(40(36)43-45-25-32-10-6-20-44-42(32)47-43)19-14-27-12-13-29(23-38(27)41)28-15-17-35-33(21-28)22-31-9-4-5-11-34(31)35/h1-21,23-25H,22H2. The number of benzene rings is 6. The molecule has 3 heterocycles. The Morgan fingerprint density at radius 1 is 0.468 bits per heavy atom. The topological polar surface area (TPSA) is 51.6 Å². The molecule has 10 rings (SSSR count). The number of fused-ring (bicyclic) bond motifs is 8. The van der Waals surface area contributed by atoms with Crippen molar-refractivity contribution in [2.24, 2.45) is 0 Å². The van der Waals surface area contributed by atoms with Gasteiger partial charge in [-0.25, -0.2) is 19.9 Å². The zero-order valence-electron chi connectivity index (χ0n) is 25.4. The normalized spacial score (nSPS) is 12.2. The molecule has 0 atom stereocenters. The monoisotopic (exact) mass is 598 g/mol. The van der Waals surface area contributed by atoms with Gasteiger partial charge in [0.25, 0.3) is 0 Å². The molecule has 1 aliphatic rings. The summed E-state index contributed by atoms with van der Waals surface area (Å²) in [5, 5.41) is 5.21. The minimum absolute atomic E-state index is 0.648. The third-order valence-corrected chi connectivity index (χ3v) is 9.57. The smallest absolute Gasteiger partial charge is 0.163 e. The van der Waals surface area contributed by atoms with E-state index in [-0.39, 0.29) is 0 Å². The molecule has 0 radical (unpaired) electrons. The highest BCUT2D eigenvalue weighted by molar-refractivity contribution is 6.17. The SMILES string of the molecule is c1ccc(-c2ccc3c(-c4ncc5cccnc5n4)c4ccc5ccc(-c6ccc7c(c6)Cc6ccccc6-7)cc5c4nc3c2)cc1. The first-order valence-corrected chi connectivity index (χ1v) is 15.9. The lowest BCUT2D eigenvalue weighted by atomic mass is 9.94. The Bertz CT molecular complexity index is 2710. The summed E-state index contributed by atoms with van der Waals surface area (Å²) >= 11 is 0. The molecule has 0 spiro atoms. The third-order valence-electron chi connectivity index (χ3n) is 9.57. The summed E-state index contributed by atoms with van der Waals surface area (Å²) in [4.78, 5) is 19.8. The predicted molar refractivity (Wildman–Crippen MR) is 192 cm³/mol. The second kappa shape index (κ2) is 10.1. The average Bonchev–Trinajstić information content (AvgIpc) is 3.51. The van der Waals surface area contributed by atoms with Gasteiger partial charge in [0.1, 0.15) is 0 Å². The summed E-state index contributed by atoms with van der Waals surface area (Å²) in [6.07, 6.45) is 4.62. The molecule has 0 saturated carbocycles. The van der Waals surface area contributed by atoms with Gasteiger partial charge in [-0.05, 0) is 80.6 Å². The number of hydrogen-bond acceptors (Lipinski definition) is 4. The molecule has 0 N–H and O–H groups in total. The van der Waals surface area contributed by atoms with Crippen molar-refractivity contribution < 1.29 is 0 Å². The second-order valence-corrected chi connectivity index (χ2v) is 12.3. The van der Waals surface area contributed by atoms with Crippen molar-refractivity contribution >= 4 is 43.6 Å². The quantitative estimate of drug-likeness (QED) is 0.150. The van der Waals surface area contributed by atoms with Crippen LogP contribution in [0.25, 0.3) is 88.4 Å². The van der Waals surface area contributed by atoms with Crippen molar-refractivity contribution in [3.8, 4) is 44.8 Å². The van der Waals surface area contributed by atoms with Crippen LogP contribution in [0.5, 0.6) is 0 Å².